The van der Waals surface area contributed by atoms with E-state index in [9.17, 15) is 0 Å². The highest BCUT2D eigenvalue weighted by Gasteiger charge is 2.18. The summed E-state index contributed by atoms with van der Waals surface area (Å²) in [6.45, 7) is 4.55. The summed E-state index contributed by atoms with van der Waals surface area (Å²) in [5.74, 6) is 0. The number of rotatable bonds is 8. The van der Waals surface area contributed by atoms with Gasteiger partial charge in [0.25, 0.3) is 0 Å². The van der Waals surface area contributed by atoms with Gasteiger partial charge >= 0.3 is 0 Å². The average molecular weight is 695 g/mol. The molecule has 2 nitrogen and oxygen atoms in total. The zero-order valence-electron chi connectivity index (χ0n) is 30.8. The van der Waals surface area contributed by atoms with Crippen molar-refractivity contribution in [3.05, 3.63) is 211 Å². The fourth-order valence-electron chi connectivity index (χ4n) is 8.02. The third-order valence-electron chi connectivity index (χ3n) is 10.9. The number of hydrogen-bond donors (Lipinski definition) is 0. The quantitative estimate of drug-likeness (QED) is 0.146. The second-order valence-electron chi connectivity index (χ2n) is 14.2. The Hall–Kier alpha value is -6.64. The van der Waals surface area contributed by atoms with E-state index in [0.717, 1.165) is 47.0 Å². The van der Waals surface area contributed by atoms with Gasteiger partial charge in [0.05, 0.1) is 0 Å². The summed E-state index contributed by atoms with van der Waals surface area (Å²) in [5, 5.41) is 5.10. The standard InChI is InChI=1S/C52H42N2/c1-37-49-33-31-48(54(44-21-13-6-14-22-44)46-29-25-42(26-30-46)40-17-9-4-10-18-40)36-52(49)38(2)50-34-32-47(35-51(37)50)53(43-19-11-5-12-20-43)45-27-23-41(24-28-45)39-15-7-3-8-16-39/h3,5-9,11-36H,4,10H2,1-2H3. The van der Waals surface area contributed by atoms with Crippen molar-refractivity contribution >= 4 is 61.2 Å². The van der Waals surface area contributed by atoms with Gasteiger partial charge in [-0.25, -0.2) is 0 Å². The van der Waals surface area contributed by atoms with Crippen LogP contribution >= 0.6 is 0 Å². The topological polar surface area (TPSA) is 6.48 Å². The minimum atomic E-state index is 1.10. The van der Waals surface area contributed by atoms with Crippen LogP contribution in [0.5, 0.6) is 0 Å². The Morgan fingerprint density at radius 2 is 0.759 bits per heavy atom. The highest BCUT2D eigenvalue weighted by atomic mass is 15.1. The molecule has 0 spiro atoms. The largest absolute Gasteiger partial charge is 0.310 e. The molecule has 0 aliphatic heterocycles. The molecule has 9 rings (SSSR count). The maximum Gasteiger partial charge on any atom is 0.0468 e. The molecule has 0 fully saturated rings. The predicted molar refractivity (Wildman–Crippen MR) is 232 cm³/mol. The first-order valence-corrected chi connectivity index (χ1v) is 18.9. The maximum atomic E-state index is 2.38. The van der Waals surface area contributed by atoms with Crippen LogP contribution in [0.1, 0.15) is 29.5 Å². The number of para-hydroxylation sites is 2. The molecule has 0 aromatic heterocycles. The molecule has 0 atom stereocenters. The van der Waals surface area contributed by atoms with Crippen LogP contribution in [0.2, 0.25) is 0 Å². The Labute approximate surface area is 318 Å². The lowest BCUT2D eigenvalue weighted by Crippen LogP contribution is -2.10. The summed E-state index contributed by atoms with van der Waals surface area (Å²) in [6, 6.07) is 63.8. The molecule has 8 aromatic carbocycles. The number of benzene rings is 8. The van der Waals surface area contributed by atoms with Crippen LogP contribution in [0.4, 0.5) is 34.1 Å². The second kappa shape index (κ2) is 14.4. The van der Waals surface area contributed by atoms with E-state index in [0.29, 0.717) is 0 Å². The maximum absolute atomic E-state index is 2.38. The monoisotopic (exact) mass is 694 g/mol. The first kappa shape index (κ1) is 33.2. The molecule has 1 aliphatic rings. The Bertz CT molecular complexity index is 2640. The van der Waals surface area contributed by atoms with Crippen LogP contribution in [0.25, 0.3) is 38.2 Å². The van der Waals surface area contributed by atoms with E-state index in [4.69, 9.17) is 0 Å². The summed E-state index contributed by atoms with van der Waals surface area (Å²) in [7, 11) is 0. The lowest BCUT2D eigenvalue weighted by molar-refractivity contribution is 1.04. The fourth-order valence-corrected chi connectivity index (χ4v) is 8.02. The lowest BCUT2D eigenvalue weighted by atomic mass is 9.92. The first-order chi connectivity index (χ1) is 26.6. The van der Waals surface area contributed by atoms with Gasteiger partial charge in [0.2, 0.25) is 0 Å². The molecule has 0 unspecified atom stereocenters. The summed E-state index contributed by atoms with van der Waals surface area (Å²) in [6.07, 6.45) is 9.08. The molecule has 0 saturated heterocycles. The van der Waals surface area contributed by atoms with Crippen molar-refractivity contribution in [1.82, 2.24) is 0 Å². The third kappa shape index (κ3) is 6.27. The molecule has 0 amide bonds. The van der Waals surface area contributed by atoms with Gasteiger partial charge in [0.1, 0.15) is 0 Å². The van der Waals surface area contributed by atoms with E-state index in [2.05, 4.69) is 218 Å². The molecule has 0 saturated carbocycles. The SMILES string of the molecule is Cc1c2ccc(N(c3ccccc3)c3ccc(-c4ccccc4)cc3)cc2c(C)c2ccc(N(c3ccccc3)c3ccc(C4=CCCC=C4)cc3)cc12. The molecule has 0 radical (unpaired) electrons. The molecule has 8 aromatic rings. The van der Waals surface area contributed by atoms with Gasteiger partial charge in [-0.2, -0.15) is 0 Å². The van der Waals surface area contributed by atoms with Gasteiger partial charge in [0.15, 0.2) is 0 Å². The van der Waals surface area contributed by atoms with Crippen molar-refractivity contribution in [1.29, 1.82) is 0 Å². The highest BCUT2D eigenvalue weighted by molar-refractivity contribution is 6.08. The second-order valence-corrected chi connectivity index (χ2v) is 14.2. The van der Waals surface area contributed by atoms with Crippen molar-refractivity contribution in [2.75, 3.05) is 9.80 Å². The van der Waals surface area contributed by atoms with Gasteiger partial charge in [-0.1, -0.05) is 121 Å². The summed E-state index contributed by atoms with van der Waals surface area (Å²) >= 11 is 0. The molecule has 54 heavy (non-hydrogen) atoms. The van der Waals surface area contributed by atoms with Crippen molar-refractivity contribution in [3.8, 4) is 11.1 Å². The normalized spacial score (nSPS) is 12.5. The van der Waals surface area contributed by atoms with E-state index in [1.807, 2.05) is 0 Å². The summed E-state index contributed by atoms with van der Waals surface area (Å²) in [4.78, 5) is 4.73. The van der Waals surface area contributed by atoms with E-state index in [1.54, 1.807) is 0 Å². The van der Waals surface area contributed by atoms with Crippen LogP contribution < -0.4 is 9.80 Å². The molecule has 0 N–H and O–H groups in total. The van der Waals surface area contributed by atoms with E-state index in [1.165, 1.54) is 54.9 Å². The number of anilines is 6. The zero-order valence-corrected chi connectivity index (χ0v) is 30.8. The van der Waals surface area contributed by atoms with Crippen LogP contribution in [-0.4, -0.2) is 0 Å². The minimum absolute atomic E-state index is 1.10. The molecule has 0 bridgehead atoms. The van der Waals surface area contributed by atoms with Crippen LogP contribution in [0.3, 0.4) is 0 Å². The average Bonchev–Trinajstić information content (AvgIpc) is 3.25. The predicted octanol–water partition coefficient (Wildman–Crippen LogP) is 14.9. The summed E-state index contributed by atoms with van der Waals surface area (Å²) < 4.78 is 0. The van der Waals surface area contributed by atoms with Crippen molar-refractivity contribution < 1.29 is 0 Å². The lowest BCUT2D eigenvalue weighted by Gasteiger charge is -2.27. The molecule has 260 valence electrons. The Balaban J connectivity index is 1.13. The number of allylic oxidation sites excluding steroid dienone is 4. The Morgan fingerprint density at radius 3 is 1.22 bits per heavy atom. The van der Waals surface area contributed by atoms with Crippen molar-refractivity contribution in [2.24, 2.45) is 0 Å². The van der Waals surface area contributed by atoms with E-state index < -0.39 is 0 Å². The van der Waals surface area contributed by atoms with Gasteiger partial charge in [0, 0.05) is 34.1 Å². The smallest absolute Gasteiger partial charge is 0.0468 e. The molecular weight excluding hydrogens is 653 g/mol. The highest BCUT2D eigenvalue weighted by Crippen LogP contribution is 2.42. The van der Waals surface area contributed by atoms with Crippen LogP contribution in [0, 0.1) is 13.8 Å². The third-order valence-corrected chi connectivity index (χ3v) is 10.9. The van der Waals surface area contributed by atoms with E-state index >= 15 is 0 Å². The van der Waals surface area contributed by atoms with Gasteiger partial charge < -0.3 is 9.80 Å². The molecule has 0 heterocycles. The number of aryl methyl sites for hydroxylation is 2. The van der Waals surface area contributed by atoms with Crippen LogP contribution in [-0.2, 0) is 0 Å². The van der Waals surface area contributed by atoms with Crippen LogP contribution in [0.15, 0.2) is 194 Å². The summed E-state index contributed by atoms with van der Waals surface area (Å²) in [5.41, 5.74) is 14.4. The Kier molecular flexibility index (Phi) is 8.86. The van der Waals surface area contributed by atoms with Gasteiger partial charge in [-0.15, -0.1) is 0 Å². The Morgan fingerprint density at radius 1 is 0.352 bits per heavy atom. The number of fused-ring (bicyclic) bond motifs is 2. The number of hydrogen-bond acceptors (Lipinski definition) is 2. The van der Waals surface area contributed by atoms with Crippen molar-refractivity contribution in [2.45, 2.75) is 26.7 Å². The van der Waals surface area contributed by atoms with Gasteiger partial charge in [-0.05, 0) is 154 Å². The minimum Gasteiger partial charge on any atom is -0.310 e. The molecule has 2 heteroatoms. The van der Waals surface area contributed by atoms with E-state index in [-0.39, 0.29) is 0 Å². The van der Waals surface area contributed by atoms with Crippen molar-refractivity contribution in [3.63, 3.8) is 0 Å². The first-order valence-electron chi connectivity index (χ1n) is 18.9. The van der Waals surface area contributed by atoms with Gasteiger partial charge in [-0.3, -0.25) is 0 Å². The molecule has 1 aliphatic carbocycles. The zero-order chi connectivity index (χ0) is 36.4. The molecular formula is C52H42N2. The fraction of sp³-hybridized carbons (Fsp3) is 0.0769. The number of nitrogens with zero attached hydrogens (tertiary/aromatic N) is 2.